The van der Waals surface area contributed by atoms with Crippen LogP contribution in [0.1, 0.15) is 19.4 Å². The molecule has 0 fully saturated rings. The number of nitrogens with one attached hydrogen (secondary N) is 1. The maximum Gasteiger partial charge on any atom is 0.416 e. The molecule has 0 unspecified atom stereocenters. The molecule has 1 amide bonds. The van der Waals surface area contributed by atoms with Crippen LogP contribution in [0.5, 0.6) is 0 Å². The fourth-order valence-electron chi connectivity index (χ4n) is 1.19. The summed E-state index contributed by atoms with van der Waals surface area (Å²) in [6, 6.07) is 2.63. The fraction of sp³-hybridized carbons (Fsp3) is 0.333. The van der Waals surface area contributed by atoms with Crippen molar-refractivity contribution in [2.45, 2.75) is 24.9 Å². The number of amides is 1. The van der Waals surface area contributed by atoms with E-state index in [1.807, 2.05) is 0 Å². The monoisotopic (exact) mass is 323 g/mol. The maximum atomic E-state index is 12.4. The minimum atomic E-state index is -4.59. The predicted octanol–water partition coefficient (Wildman–Crippen LogP) is 1.74. The van der Waals surface area contributed by atoms with E-state index in [0.717, 1.165) is 12.1 Å². The van der Waals surface area contributed by atoms with Crippen LogP contribution in [0.4, 0.5) is 13.2 Å². The van der Waals surface area contributed by atoms with Crippen molar-refractivity contribution in [2.75, 3.05) is 0 Å². The zero-order valence-corrected chi connectivity index (χ0v) is 11.9. The minimum absolute atomic E-state index is 0.268. The number of carbonyl (C=O) groups excluding carboxylic acids is 2. The molecule has 0 aliphatic carbocycles. The standard InChI is InChI=1S/C12H12F3NO4S/c1-11(2,7-17)10(18)16-21(19,20)9-5-3-8(4-6-9)12(13,14)15/h3-7H,1-2H3,(H,16,18). The maximum absolute atomic E-state index is 12.4. The summed E-state index contributed by atoms with van der Waals surface area (Å²) in [6.45, 7) is 2.41. The lowest BCUT2D eigenvalue weighted by atomic mass is 9.95. The van der Waals surface area contributed by atoms with E-state index in [-0.39, 0.29) is 6.29 Å². The molecule has 0 saturated carbocycles. The highest BCUT2D eigenvalue weighted by Crippen LogP contribution is 2.29. The van der Waals surface area contributed by atoms with Gasteiger partial charge in [-0.1, -0.05) is 0 Å². The van der Waals surface area contributed by atoms with Crippen molar-refractivity contribution < 1.29 is 31.2 Å². The SMILES string of the molecule is CC(C)(C=O)C(=O)NS(=O)(=O)c1ccc(C(F)(F)F)cc1. The highest BCUT2D eigenvalue weighted by Gasteiger charge is 2.33. The normalized spacial score (nSPS) is 12.8. The smallest absolute Gasteiger partial charge is 0.302 e. The first-order valence-electron chi connectivity index (χ1n) is 5.61. The first-order chi connectivity index (χ1) is 9.40. The third kappa shape index (κ3) is 4.03. The first kappa shape index (κ1) is 17.2. The van der Waals surface area contributed by atoms with Crippen LogP contribution in [-0.4, -0.2) is 20.6 Å². The van der Waals surface area contributed by atoms with Crippen molar-refractivity contribution in [1.29, 1.82) is 0 Å². The second-order valence-corrected chi connectivity index (χ2v) is 6.48. The van der Waals surface area contributed by atoms with E-state index in [1.54, 1.807) is 4.72 Å². The van der Waals surface area contributed by atoms with Crippen LogP contribution < -0.4 is 4.72 Å². The Morgan fingerprint density at radius 2 is 1.62 bits per heavy atom. The van der Waals surface area contributed by atoms with Crippen LogP contribution >= 0.6 is 0 Å². The molecule has 0 heterocycles. The molecular formula is C12H12F3NO4S. The Kier molecular flexibility index (Phi) is 4.47. The highest BCUT2D eigenvalue weighted by molar-refractivity contribution is 7.90. The third-order valence-electron chi connectivity index (χ3n) is 2.60. The van der Waals surface area contributed by atoms with E-state index in [4.69, 9.17) is 0 Å². The van der Waals surface area contributed by atoms with Crippen molar-refractivity contribution in [2.24, 2.45) is 5.41 Å². The van der Waals surface area contributed by atoms with E-state index >= 15 is 0 Å². The lowest BCUT2D eigenvalue weighted by molar-refractivity contribution is -0.137. The lowest BCUT2D eigenvalue weighted by Gasteiger charge is -2.16. The summed E-state index contributed by atoms with van der Waals surface area (Å²) >= 11 is 0. The Morgan fingerprint density at radius 1 is 1.14 bits per heavy atom. The number of carbonyl (C=O) groups is 2. The Hall–Kier alpha value is -1.90. The molecule has 116 valence electrons. The van der Waals surface area contributed by atoms with E-state index in [0.29, 0.717) is 12.1 Å². The zero-order valence-electron chi connectivity index (χ0n) is 11.1. The van der Waals surface area contributed by atoms with Gasteiger partial charge in [-0.05, 0) is 38.1 Å². The Morgan fingerprint density at radius 3 is 2.00 bits per heavy atom. The van der Waals surface area contributed by atoms with Gasteiger partial charge in [0.25, 0.3) is 10.0 Å². The van der Waals surface area contributed by atoms with Crippen LogP contribution in [0.3, 0.4) is 0 Å². The van der Waals surface area contributed by atoms with Gasteiger partial charge in [-0.15, -0.1) is 0 Å². The predicted molar refractivity (Wildman–Crippen MR) is 66.6 cm³/mol. The van der Waals surface area contributed by atoms with Crippen LogP contribution in [0.25, 0.3) is 0 Å². The molecular weight excluding hydrogens is 311 g/mol. The molecule has 0 spiro atoms. The van der Waals surface area contributed by atoms with E-state index < -0.39 is 38.0 Å². The van der Waals surface area contributed by atoms with Crippen LogP contribution in [0.2, 0.25) is 0 Å². The zero-order chi connectivity index (χ0) is 16.5. The summed E-state index contributed by atoms with van der Waals surface area (Å²) in [5.41, 5.74) is -2.58. The molecule has 1 aromatic carbocycles. The van der Waals surface area contributed by atoms with Crippen LogP contribution in [0.15, 0.2) is 29.2 Å². The largest absolute Gasteiger partial charge is 0.416 e. The number of sulfonamides is 1. The summed E-state index contributed by atoms with van der Waals surface area (Å²) in [5.74, 6) is -1.07. The molecule has 9 heteroatoms. The summed E-state index contributed by atoms with van der Waals surface area (Å²) in [6.07, 6.45) is -4.32. The van der Waals surface area contributed by atoms with Gasteiger partial charge in [-0.3, -0.25) is 4.79 Å². The van der Waals surface area contributed by atoms with E-state index in [9.17, 15) is 31.2 Å². The van der Waals surface area contributed by atoms with Gasteiger partial charge >= 0.3 is 6.18 Å². The molecule has 1 N–H and O–H groups in total. The number of hydrogen-bond acceptors (Lipinski definition) is 4. The number of hydrogen-bond donors (Lipinski definition) is 1. The Labute approximate surface area is 119 Å². The van der Waals surface area contributed by atoms with Crippen molar-refractivity contribution in [3.05, 3.63) is 29.8 Å². The topological polar surface area (TPSA) is 80.3 Å². The number of rotatable bonds is 4. The van der Waals surface area contributed by atoms with Crippen LogP contribution in [0, 0.1) is 5.41 Å². The molecule has 0 aromatic heterocycles. The summed E-state index contributed by atoms with van der Waals surface area (Å²) in [4.78, 5) is 21.8. The average molecular weight is 323 g/mol. The average Bonchev–Trinajstić information content (AvgIpc) is 2.37. The summed E-state index contributed by atoms with van der Waals surface area (Å²) in [7, 11) is -4.34. The van der Waals surface area contributed by atoms with Gasteiger partial charge in [-0.25, -0.2) is 13.1 Å². The Bertz CT molecular complexity index is 648. The van der Waals surface area contributed by atoms with Gasteiger partial charge in [0.1, 0.15) is 6.29 Å². The molecule has 0 aliphatic rings. The molecule has 0 aliphatic heterocycles. The third-order valence-corrected chi connectivity index (χ3v) is 3.95. The number of halogens is 3. The molecule has 21 heavy (non-hydrogen) atoms. The molecule has 1 rings (SSSR count). The second-order valence-electron chi connectivity index (χ2n) is 4.80. The molecule has 0 bridgehead atoms. The Balaban J connectivity index is 3.05. The quantitative estimate of drug-likeness (QED) is 0.676. The van der Waals surface area contributed by atoms with Gasteiger partial charge in [0.05, 0.1) is 15.9 Å². The fourth-order valence-corrected chi connectivity index (χ4v) is 2.31. The van der Waals surface area contributed by atoms with E-state index in [1.165, 1.54) is 13.8 Å². The number of aldehydes is 1. The van der Waals surface area contributed by atoms with Crippen molar-refractivity contribution in [3.8, 4) is 0 Å². The second kappa shape index (κ2) is 5.47. The van der Waals surface area contributed by atoms with Crippen molar-refractivity contribution in [3.63, 3.8) is 0 Å². The number of alkyl halides is 3. The van der Waals surface area contributed by atoms with Crippen LogP contribution in [-0.2, 0) is 25.8 Å². The first-order valence-corrected chi connectivity index (χ1v) is 7.09. The molecule has 0 saturated heterocycles. The van der Waals surface area contributed by atoms with Gasteiger partial charge in [0, 0.05) is 0 Å². The molecule has 0 radical (unpaired) electrons. The van der Waals surface area contributed by atoms with Crippen molar-refractivity contribution >= 4 is 22.2 Å². The lowest BCUT2D eigenvalue weighted by Crippen LogP contribution is -2.41. The highest BCUT2D eigenvalue weighted by atomic mass is 32.2. The molecule has 0 atom stereocenters. The number of benzene rings is 1. The van der Waals surface area contributed by atoms with E-state index in [2.05, 4.69) is 0 Å². The van der Waals surface area contributed by atoms with Gasteiger partial charge in [0.2, 0.25) is 5.91 Å². The molecule has 5 nitrogen and oxygen atoms in total. The van der Waals surface area contributed by atoms with Gasteiger partial charge < -0.3 is 4.79 Å². The van der Waals surface area contributed by atoms with Crippen molar-refractivity contribution in [1.82, 2.24) is 4.72 Å². The van der Waals surface area contributed by atoms with Gasteiger partial charge in [-0.2, -0.15) is 13.2 Å². The molecule has 1 aromatic rings. The van der Waals surface area contributed by atoms with Gasteiger partial charge in [0.15, 0.2) is 0 Å². The summed E-state index contributed by atoms with van der Waals surface area (Å²) in [5, 5.41) is 0. The minimum Gasteiger partial charge on any atom is -0.302 e. The summed E-state index contributed by atoms with van der Waals surface area (Å²) < 4.78 is 62.4.